The quantitative estimate of drug-likeness (QED) is 0.361. The van der Waals surface area contributed by atoms with Crippen molar-refractivity contribution in [3.8, 4) is 0 Å². The van der Waals surface area contributed by atoms with Gasteiger partial charge in [-0.15, -0.1) is 0 Å². The van der Waals surface area contributed by atoms with E-state index in [1.165, 1.54) is 6.92 Å². The molecule has 0 saturated heterocycles. The van der Waals surface area contributed by atoms with Crippen LogP contribution < -0.4 is 0 Å². The summed E-state index contributed by atoms with van der Waals surface area (Å²) in [6.45, 7) is 1.39. The normalized spacial score (nSPS) is 7.67. The fourth-order valence-corrected chi connectivity index (χ4v) is 1.09. The molecule has 0 aliphatic heterocycles. The molecule has 0 heterocycles. The van der Waals surface area contributed by atoms with Crippen LogP contribution in [0.3, 0.4) is 0 Å². The molecule has 0 aliphatic carbocycles. The molecule has 2 radical (unpaired) electrons. The molecule has 0 atom stereocenters. The van der Waals surface area contributed by atoms with Crippen molar-refractivity contribution in [2.45, 2.75) is 6.92 Å². The summed E-state index contributed by atoms with van der Waals surface area (Å²) in [5.41, 5.74) is 0. The van der Waals surface area contributed by atoms with Crippen LogP contribution in [0.4, 0.5) is 0 Å². The number of hydrogen-bond acceptors (Lipinski definition) is 2. The summed E-state index contributed by atoms with van der Waals surface area (Å²) in [5.74, 6) is -0.206. The lowest BCUT2D eigenvalue weighted by atomic mass is 10.9. The van der Waals surface area contributed by atoms with Crippen molar-refractivity contribution in [1.29, 1.82) is 0 Å². The smallest absolute Gasteiger partial charge is 0.399 e. The molecule has 0 spiro atoms. The summed E-state index contributed by atoms with van der Waals surface area (Å²) in [5, 5.41) is 0. The van der Waals surface area contributed by atoms with E-state index in [1.54, 1.807) is 0 Å². The van der Waals surface area contributed by atoms with Gasteiger partial charge in [0.05, 0.1) is 0 Å². The summed E-state index contributed by atoms with van der Waals surface area (Å²) in [6, 6.07) is 0. The van der Waals surface area contributed by atoms with Crippen LogP contribution in [0.5, 0.6) is 0 Å². The van der Waals surface area contributed by atoms with Gasteiger partial charge < -0.3 is 4.43 Å². The van der Waals surface area contributed by atoms with E-state index in [9.17, 15) is 4.79 Å². The van der Waals surface area contributed by atoms with E-state index in [1.807, 2.05) is 21.8 Å². The third-order valence-electron chi connectivity index (χ3n) is 0.182. The first kappa shape index (κ1) is 6.42. The Balaban J connectivity index is 2.83. The first-order chi connectivity index (χ1) is 2.77. The second kappa shape index (κ2) is 3.60. The van der Waals surface area contributed by atoms with Gasteiger partial charge in [-0.05, 0) is 0 Å². The van der Waals surface area contributed by atoms with Crippen molar-refractivity contribution >= 4 is 35.0 Å². The van der Waals surface area contributed by atoms with Crippen LogP contribution in [0.2, 0.25) is 0 Å². The topological polar surface area (TPSA) is 26.3 Å². The number of halogens is 1. The van der Waals surface area contributed by atoms with Gasteiger partial charge in [-0.3, -0.25) is 4.79 Å². The molecule has 0 saturated carbocycles. The zero-order chi connectivity index (χ0) is 4.99. The molecular formula is C2H3IO2Si. The van der Waals surface area contributed by atoms with Gasteiger partial charge in [0.1, 0.15) is 0 Å². The largest absolute Gasteiger partial charge is 0.505 e. The van der Waals surface area contributed by atoms with E-state index < -0.39 is 0 Å². The van der Waals surface area contributed by atoms with Crippen LogP contribution in [-0.2, 0) is 9.22 Å². The third-order valence-corrected chi connectivity index (χ3v) is 1.21. The zero-order valence-corrected chi connectivity index (χ0v) is 6.35. The van der Waals surface area contributed by atoms with E-state index in [4.69, 9.17) is 0 Å². The molecule has 0 amide bonds. The molecule has 0 unspecified atom stereocenters. The second-order valence-electron chi connectivity index (χ2n) is 0.671. The van der Waals surface area contributed by atoms with E-state index in [2.05, 4.69) is 4.43 Å². The Morgan fingerprint density at radius 2 is 2.50 bits per heavy atom. The highest BCUT2D eigenvalue weighted by Gasteiger charge is 1.86. The minimum atomic E-state index is -0.206. The second-order valence-corrected chi connectivity index (χ2v) is 2.35. The van der Waals surface area contributed by atoms with E-state index in [0.717, 1.165) is 0 Å². The molecule has 0 aliphatic rings. The molecule has 0 aromatic heterocycles. The molecule has 0 aromatic rings. The van der Waals surface area contributed by atoms with Crippen molar-refractivity contribution in [3.63, 3.8) is 0 Å². The maximum absolute atomic E-state index is 9.82. The van der Waals surface area contributed by atoms with Crippen LogP contribution in [0.15, 0.2) is 0 Å². The van der Waals surface area contributed by atoms with Gasteiger partial charge in [-0.2, -0.15) is 0 Å². The van der Waals surface area contributed by atoms with Crippen LogP contribution in [0, 0.1) is 0 Å². The van der Waals surface area contributed by atoms with Gasteiger partial charge >= 0.3 is 7.26 Å². The highest BCUT2D eigenvalue weighted by Crippen LogP contribution is 1.77. The fraction of sp³-hybridized carbons (Fsp3) is 0.500. The van der Waals surface area contributed by atoms with Crippen molar-refractivity contribution in [2.75, 3.05) is 0 Å². The van der Waals surface area contributed by atoms with Gasteiger partial charge in [-0.25, -0.2) is 0 Å². The molecule has 0 rings (SSSR count). The monoisotopic (exact) mass is 214 g/mol. The molecule has 0 N–H and O–H groups in total. The Morgan fingerprint density at radius 1 is 2.00 bits per heavy atom. The molecule has 4 heteroatoms. The average molecular weight is 214 g/mol. The Kier molecular flexibility index (Phi) is 3.85. The number of carbonyl (C=O) groups is 1. The summed E-state index contributed by atoms with van der Waals surface area (Å²) in [4.78, 5) is 9.82. The van der Waals surface area contributed by atoms with Crippen molar-refractivity contribution in [2.24, 2.45) is 0 Å². The highest BCUT2D eigenvalue weighted by atomic mass is 127. The first-order valence-electron chi connectivity index (χ1n) is 1.30. The number of rotatable bonds is 1. The molecule has 0 aromatic carbocycles. The highest BCUT2D eigenvalue weighted by molar-refractivity contribution is 14.1. The first-order valence-corrected chi connectivity index (χ1v) is 5.32. The molecule has 0 fully saturated rings. The van der Waals surface area contributed by atoms with E-state index in [0.29, 0.717) is 0 Å². The molecule has 0 bridgehead atoms. The van der Waals surface area contributed by atoms with E-state index >= 15 is 0 Å². The lowest BCUT2D eigenvalue weighted by Gasteiger charge is -1.86. The minimum absolute atomic E-state index is 0.206. The predicted molar refractivity (Wildman–Crippen MR) is 31.5 cm³/mol. The Bertz CT molecular complexity index is 55.5. The maximum atomic E-state index is 9.82. The standard InChI is InChI=1S/C2H3IO2Si/c1-2(4)5-6-3/h1H3. The Morgan fingerprint density at radius 3 is 2.50 bits per heavy atom. The number of carbonyl (C=O) groups excluding carboxylic acids is 1. The van der Waals surface area contributed by atoms with Crippen molar-refractivity contribution in [3.05, 3.63) is 0 Å². The Hall–Kier alpha value is 0.417. The van der Waals surface area contributed by atoms with E-state index in [-0.39, 0.29) is 13.2 Å². The van der Waals surface area contributed by atoms with Crippen molar-refractivity contribution < 1.29 is 9.22 Å². The van der Waals surface area contributed by atoms with Gasteiger partial charge in [0.15, 0.2) is 0 Å². The predicted octanol–water partition coefficient (Wildman–Crippen LogP) is 0.519. The minimum Gasteiger partial charge on any atom is -0.505 e. The molecule has 6 heavy (non-hydrogen) atoms. The van der Waals surface area contributed by atoms with Crippen molar-refractivity contribution in [1.82, 2.24) is 0 Å². The summed E-state index contributed by atoms with van der Waals surface area (Å²) in [7, 11) is 0.259. The molecular weight excluding hydrogens is 211 g/mol. The zero-order valence-electron chi connectivity index (χ0n) is 3.19. The lowest BCUT2D eigenvalue weighted by molar-refractivity contribution is -0.131. The van der Waals surface area contributed by atoms with Crippen LogP contribution >= 0.6 is 21.8 Å². The average Bonchev–Trinajstić information content (AvgIpc) is 1.35. The number of hydrogen-bond donors (Lipinski definition) is 0. The van der Waals surface area contributed by atoms with Gasteiger partial charge in [0, 0.05) is 6.92 Å². The van der Waals surface area contributed by atoms with Gasteiger partial charge in [-0.1, -0.05) is 21.8 Å². The summed E-state index contributed by atoms with van der Waals surface area (Å²) < 4.78 is 4.42. The lowest BCUT2D eigenvalue weighted by Crippen LogP contribution is -1.96. The van der Waals surface area contributed by atoms with Gasteiger partial charge in [0.2, 0.25) is 0 Å². The fourth-order valence-electron chi connectivity index (χ4n) is 0.0543. The summed E-state index contributed by atoms with van der Waals surface area (Å²) >= 11 is 1.99. The third kappa shape index (κ3) is 4.42. The SMILES string of the molecule is CC(=O)O[Si]I. The molecule has 34 valence electrons. The Labute approximate surface area is 51.4 Å². The van der Waals surface area contributed by atoms with Gasteiger partial charge in [0.25, 0.3) is 5.97 Å². The summed E-state index contributed by atoms with van der Waals surface area (Å²) in [6.07, 6.45) is 0. The van der Waals surface area contributed by atoms with Crippen LogP contribution in [-0.4, -0.2) is 13.2 Å². The maximum Gasteiger partial charge on any atom is 0.399 e. The van der Waals surface area contributed by atoms with Crippen LogP contribution in [0.25, 0.3) is 0 Å². The van der Waals surface area contributed by atoms with Crippen LogP contribution in [0.1, 0.15) is 6.92 Å². The molecule has 2 nitrogen and oxygen atoms in total.